The minimum absolute atomic E-state index is 0.305. The normalized spacial score (nSPS) is 17.3. The van der Waals surface area contributed by atoms with Gasteiger partial charge in [-0.2, -0.15) is 4.31 Å². The summed E-state index contributed by atoms with van der Waals surface area (Å²) in [6, 6.07) is 5.14. The van der Waals surface area contributed by atoms with Gasteiger partial charge in [0.15, 0.2) is 0 Å². The van der Waals surface area contributed by atoms with Crippen LogP contribution in [0.5, 0.6) is 0 Å². The molecule has 1 aliphatic rings. The molecule has 0 radical (unpaired) electrons. The lowest BCUT2D eigenvalue weighted by Gasteiger charge is -2.26. The maximum Gasteiger partial charge on any atom is 0.244 e. The molecule has 0 aromatic heterocycles. The summed E-state index contributed by atoms with van der Waals surface area (Å²) in [4.78, 5) is 0.305. The number of nitrogens with two attached hydrogens (primary N) is 1. The third-order valence-electron chi connectivity index (χ3n) is 3.15. The third-order valence-corrected chi connectivity index (χ3v) is 5.97. The lowest BCUT2D eigenvalue weighted by atomic mass is 10.2. The van der Waals surface area contributed by atoms with E-state index >= 15 is 0 Å². The van der Waals surface area contributed by atoms with Crippen LogP contribution in [0.3, 0.4) is 0 Å². The summed E-state index contributed by atoms with van der Waals surface area (Å²) in [7, 11) is -3.45. The zero-order valence-corrected chi connectivity index (χ0v) is 13.2. The molecular weight excluding hydrogens is 328 g/mol. The molecule has 1 aromatic rings. The molecule has 0 atom stereocenters. The Labute approximate surface area is 122 Å². The Kier molecular flexibility index (Phi) is 4.45. The smallest absolute Gasteiger partial charge is 0.244 e. The predicted octanol–water partition coefficient (Wildman–Crippen LogP) is 2.25. The van der Waals surface area contributed by atoms with Crippen LogP contribution in [-0.2, 0) is 16.6 Å². The van der Waals surface area contributed by atoms with E-state index in [0.717, 1.165) is 17.6 Å². The van der Waals surface area contributed by atoms with Crippen molar-refractivity contribution in [3.63, 3.8) is 0 Å². The van der Waals surface area contributed by atoms with E-state index in [1.54, 1.807) is 18.2 Å². The second-order valence-corrected chi connectivity index (χ2v) is 7.41. The van der Waals surface area contributed by atoms with Crippen LogP contribution in [0, 0.1) is 0 Å². The highest BCUT2D eigenvalue weighted by atomic mass is 79.9. The highest BCUT2D eigenvalue weighted by molar-refractivity contribution is 9.10. The van der Waals surface area contributed by atoms with Crippen molar-refractivity contribution in [3.8, 4) is 0 Å². The largest absolute Gasteiger partial charge is 0.326 e. The molecule has 0 bridgehead atoms. The zero-order chi connectivity index (χ0) is 14.0. The highest BCUT2D eigenvalue weighted by Gasteiger charge is 2.27. The summed E-state index contributed by atoms with van der Waals surface area (Å²) < 4.78 is 27.3. The van der Waals surface area contributed by atoms with Crippen molar-refractivity contribution in [2.24, 2.45) is 5.73 Å². The first kappa shape index (κ1) is 14.7. The monoisotopic (exact) mass is 344 g/mol. The van der Waals surface area contributed by atoms with Crippen LogP contribution in [0.4, 0.5) is 0 Å². The summed E-state index contributed by atoms with van der Waals surface area (Å²) in [5.41, 5.74) is 7.54. The Bertz CT molecular complexity index is 611. The van der Waals surface area contributed by atoms with E-state index in [9.17, 15) is 8.42 Å². The second-order valence-electron chi connectivity index (χ2n) is 4.65. The Morgan fingerprint density at radius 1 is 1.42 bits per heavy atom. The van der Waals surface area contributed by atoms with Gasteiger partial charge in [0, 0.05) is 24.1 Å². The van der Waals surface area contributed by atoms with Gasteiger partial charge in [-0.25, -0.2) is 8.42 Å². The van der Waals surface area contributed by atoms with Gasteiger partial charge in [0.25, 0.3) is 0 Å². The van der Waals surface area contributed by atoms with Crippen molar-refractivity contribution in [1.82, 2.24) is 4.31 Å². The van der Waals surface area contributed by atoms with Crippen LogP contribution < -0.4 is 5.73 Å². The SMILES string of the molecule is CC1=CCCN(S(=O)(=O)c2ccc(CN)cc2Br)C1. The Morgan fingerprint density at radius 3 is 2.74 bits per heavy atom. The van der Waals surface area contributed by atoms with E-state index in [1.807, 2.05) is 6.92 Å². The lowest BCUT2D eigenvalue weighted by Crippen LogP contribution is -2.35. The molecule has 0 amide bonds. The average molecular weight is 345 g/mol. The van der Waals surface area contributed by atoms with Gasteiger partial charge < -0.3 is 5.73 Å². The molecular formula is C13H17BrN2O2S. The quantitative estimate of drug-likeness (QED) is 0.855. The zero-order valence-electron chi connectivity index (χ0n) is 10.8. The van der Waals surface area contributed by atoms with E-state index in [0.29, 0.717) is 29.0 Å². The molecule has 0 saturated carbocycles. The molecule has 0 fully saturated rings. The standard InChI is InChI=1S/C13H17BrN2O2S/c1-10-3-2-6-16(9-10)19(17,18)13-5-4-11(8-15)7-12(13)14/h3-5,7H,2,6,8-9,15H2,1H3. The third kappa shape index (κ3) is 3.08. The first-order valence-corrected chi connectivity index (χ1v) is 8.32. The number of nitrogens with zero attached hydrogens (tertiary/aromatic N) is 1. The molecule has 1 heterocycles. The van der Waals surface area contributed by atoms with Crippen LogP contribution >= 0.6 is 15.9 Å². The minimum atomic E-state index is -3.45. The number of hydrogen-bond acceptors (Lipinski definition) is 3. The first-order chi connectivity index (χ1) is 8.95. The summed E-state index contributed by atoms with van der Waals surface area (Å²) in [5.74, 6) is 0. The van der Waals surface area contributed by atoms with Gasteiger partial charge in [-0.1, -0.05) is 17.7 Å². The number of benzene rings is 1. The summed E-state index contributed by atoms with van der Waals surface area (Å²) >= 11 is 3.33. The van der Waals surface area contributed by atoms with E-state index in [1.165, 1.54) is 4.31 Å². The van der Waals surface area contributed by atoms with Crippen molar-refractivity contribution < 1.29 is 8.42 Å². The summed E-state index contributed by atoms with van der Waals surface area (Å²) in [6.07, 6.45) is 2.85. The van der Waals surface area contributed by atoms with Gasteiger partial charge in [-0.15, -0.1) is 0 Å². The van der Waals surface area contributed by atoms with Crippen molar-refractivity contribution in [1.29, 1.82) is 0 Å². The fourth-order valence-corrected chi connectivity index (χ4v) is 4.68. The van der Waals surface area contributed by atoms with Gasteiger partial charge in [0.1, 0.15) is 0 Å². The number of rotatable bonds is 3. The van der Waals surface area contributed by atoms with Crippen molar-refractivity contribution >= 4 is 26.0 Å². The minimum Gasteiger partial charge on any atom is -0.326 e. The molecule has 104 valence electrons. The number of hydrogen-bond donors (Lipinski definition) is 1. The number of halogens is 1. The van der Waals surface area contributed by atoms with Crippen LogP contribution in [0.15, 0.2) is 39.2 Å². The van der Waals surface area contributed by atoms with Gasteiger partial charge in [-0.3, -0.25) is 0 Å². The average Bonchev–Trinajstić information content (AvgIpc) is 2.38. The molecule has 0 aliphatic carbocycles. The highest BCUT2D eigenvalue weighted by Crippen LogP contribution is 2.27. The van der Waals surface area contributed by atoms with E-state index in [-0.39, 0.29) is 0 Å². The van der Waals surface area contributed by atoms with Crippen LogP contribution in [-0.4, -0.2) is 25.8 Å². The second kappa shape index (κ2) is 5.75. The maximum absolute atomic E-state index is 12.6. The molecule has 2 rings (SSSR count). The first-order valence-electron chi connectivity index (χ1n) is 6.09. The Hall–Kier alpha value is -0.690. The molecule has 1 aromatic carbocycles. The van der Waals surface area contributed by atoms with E-state index in [2.05, 4.69) is 22.0 Å². The predicted molar refractivity (Wildman–Crippen MR) is 79.2 cm³/mol. The van der Waals surface area contributed by atoms with Crippen LogP contribution in [0.25, 0.3) is 0 Å². The fraction of sp³-hybridized carbons (Fsp3) is 0.385. The van der Waals surface area contributed by atoms with Crippen LogP contribution in [0.1, 0.15) is 18.9 Å². The number of sulfonamides is 1. The molecule has 6 heteroatoms. The molecule has 0 spiro atoms. The summed E-state index contributed by atoms with van der Waals surface area (Å²) in [5, 5.41) is 0. The Balaban J connectivity index is 2.37. The molecule has 0 unspecified atom stereocenters. The molecule has 4 nitrogen and oxygen atoms in total. The van der Waals surface area contributed by atoms with Gasteiger partial charge in [0.2, 0.25) is 10.0 Å². The van der Waals surface area contributed by atoms with Gasteiger partial charge in [0.05, 0.1) is 4.90 Å². The van der Waals surface area contributed by atoms with Gasteiger partial charge in [-0.05, 0) is 47.0 Å². The van der Waals surface area contributed by atoms with Gasteiger partial charge >= 0.3 is 0 Å². The molecule has 19 heavy (non-hydrogen) atoms. The lowest BCUT2D eigenvalue weighted by molar-refractivity contribution is 0.427. The molecule has 0 saturated heterocycles. The molecule has 1 aliphatic heterocycles. The Morgan fingerprint density at radius 2 is 2.16 bits per heavy atom. The van der Waals surface area contributed by atoms with Crippen molar-refractivity contribution in [2.45, 2.75) is 24.8 Å². The fourth-order valence-electron chi connectivity index (χ4n) is 2.10. The van der Waals surface area contributed by atoms with Crippen LogP contribution in [0.2, 0.25) is 0 Å². The van der Waals surface area contributed by atoms with E-state index < -0.39 is 10.0 Å². The summed E-state index contributed by atoms with van der Waals surface area (Å²) in [6.45, 7) is 3.34. The van der Waals surface area contributed by atoms with Crippen molar-refractivity contribution in [3.05, 3.63) is 39.9 Å². The van der Waals surface area contributed by atoms with Crippen molar-refractivity contribution in [2.75, 3.05) is 13.1 Å². The topological polar surface area (TPSA) is 63.4 Å². The molecule has 2 N–H and O–H groups in total. The van der Waals surface area contributed by atoms with E-state index in [4.69, 9.17) is 5.73 Å². The maximum atomic E-state index is 12.6.